The molecular formula is C16H24N4O3. The zero-order valence-electron chi connectivity index (χ0n) is 13.5. The number of amides is 2. The first-order chi connectivity index (χ1) is 11.2. The highest BCUT2D eigenvalue weighted by molar-refractivity contribution is 5.74. The third kappa shape index (κ3) is 4.24. The van der Waals surface area contributed by atoms with Gasteiger partial charge in [0.25, 0.3) is 0 Å². The fraction of sp³-hybridized carbons (Fsp3) is 0.688. The Morgan fingerprint density at radius 3 is 2.61 bits per heavy atom. The predicted octanol–water partition coefficient (Wildman–Crippen LogP) is 1.98. The number of hydrogen-bond donors (Lipinski definition) is 1. The Kier molecular flexibility index (Phi) is 5.15. The number of carbonyl (C=O) groups is 1. The molecule has 7 nitrogen and oxygen atoms in total. The number of aromatic nitrogens is 2. The Labute approximate surface area is 136 Å². The highest BCUT2D eigenvalue weighted by atomic mass is 16.5. The maximum absolute atomic E-state index is 12.4. The number of likely N-dealkylation sites (tertiary alicyclic amines) is 1. The van der Waals surface area contributed by atoms with Crippen molar-refractivity contribution in [3.05, 3.63) is 12.1 Å². The number of urea groups is 1. The van der Waals surface area contributed by atoms with E-state index in [1.54, 1.807) is 19.2 Å². The molecule has 3 rings (SSSR count). The SMILES string of the molecule is COc1ccc(OC2CCCN(C(=O)NC3CCCC3)C2)nn1. The fourth-order valence-corrected chi connectivity index (χ4v) is 3.21. The van der Waals surface area contributed by atoms with Gasteiger partial charge in [0.05, 0.1) is 13.7 Å². The van der Waals surface area contributed by atoms with Crippen LogP contribution in [0.15, 0.2) is 12.1 Å². The van der Waals surface area contributed by atoms with E-state index in [-0.39, 0.29) is 12.1 Å². The van der Waals surface area contributed by atoms with Gasteiger partial charge in [0.2, 0.25) is 11.8 Å². The van der Waals surface area contributed by atoms with Crippen LogP contribution in [0.3, 0.4) is 0 Å². The number of ether oxygens (including phenoxy) is 2. The second kappa shape index (κ2) is 7.48. The van der Waals surface area contributed by atoms with Crippen LogP contribution in [0.2, 0.25) is 0 Å². The largest absolute Gasteiger partial charge is 0.480 e. The van der Waals surface area contributed by atoms with Crippen molar-refractivity contribution in [3.63, 3.8) is 0 Å². The molecule has 1 aromatic heterocycles. The average molecular weight is 320 g/mol. The standard InChI is InChI=1S/C16H24N4O3/c1-22-14-8-9-15(19-18-14)23-13-7-4-10-20(11-13)16(21)17-12-5-2-3-6-12/h8-9,12-13H,2-7,10-11H2,1H3,(H,17,21). The second-order valence-electron chi connectivity index (χ2n) is 6.17. The lowest BCUT2D eigenvalue weighted by Gasteiger charge is -2.33. The van der Waals surface area contributed by atoms with Crippen LogP contribution in [0.5, 0.6) is 11.8 Å². The topological polar surface area (TPSA) is 76.6 Å². The Bertz CT molecular complexity index is 517. The van der Waals surface area contributed by atoms with E-state index in [0.717, 1.165) is 32.2 Å². The van der Waals surface area contributed by atoms with E-state index in [1.165, 1.54) is 12.8 Å². The molecule has 1 saturated heterocycles. The van der Waals surface area contributed by atoms with Gasteiger partial charge in [-0.1, -0.05) is 12.8 Å². The van der Waals surface area contributed by atoms with E-state index >= 15 is 0 Å². The molecule has 126 valence electrons. The summed E-state index contributed by atoms with van der Waals surface area (Å²) in [4.78, 5) is 14.2. The number of nitrogens with zero attached hydrogens (tertiary/aromatic N) is 3. The van der Waals surface area contributed by atoms with Crippen LogP contribution in [-0.4, -0.2) is 53.5 Å². The minimum atomic E-state index is -0.0410. The van der Waals surface area contributed by atoms with Crippen molar-refractivity contribution in [2.24, 2.45) is 0 Å². The van der Waals surface area contributed by atoms with Gasteiger partial charge in [-0.25, -0.2) is 4.79 Å². The van der Waals surface area contributed by atoms with Crippen LogP contribution in [0, 0.1) is 0 Å². The lowest BCUT2D eigenvalue weighted by molar-refractivity contribution is 0.0957. The molecule has 2 heterocycles. The van der Waals surface area contributed by atoms with Crippen LogP contribution >= 0.6 is 0 Å². The maximum atomic E-state index is 12.4. The lowest BCUT2D eigenvalue weighted by Crippen LogP contribution is -2.50. The van der Waals surface area contributed by atoms with E-state index in [1.807, 2.05) is 4.90 Å². The molecule has 1 N–H and O–H groups in total. The van der Waals surface area contributed by atoms with Gasteiger partial charge in [0.1, 0.15) is 6.10 Å². The number of carbonyl (C=O) groups excluding carboxylic acids is 1. The molecule has 1 aromatic rings. The summed E-state index contributed by atoms with van der Waals surface area (Å²) >= 11 is 0. The molecule has 2 aliphatic rings. The Hall–Kier alpha value is -2.05. The molecule has 1 saturated carbocycles. The van der Waals surface area contributed by atoms with Gasteiger partial charge < -0.3 is 19.7 Å². The van der Waals surface area contributed by atoms with Crippen LogP contribution < -0.4 is 14.8 Å². The van der Waals surface area contributed by atoms with E-state index in [9.17, 15) is 4.79 Å². The van der Waals surface area contributed by atoms with Crippen molar-refractivity contribution in [1.82, 2.24) is 20.4 Å². The third-order valence-corrected chi connectivity index (χ3v) is 4.46. The van der Waals surface area contributed by atoms with E-state index < -0.39 is 0 Å². The number of hydrogen-bond acceptors (Lipinski definition) is 5. The minimum Gasteiger partial charge on any atom is -0.480 e. The Balaban J connectivity index is 1.51. The zero-order chi connectivity index (χ0) is 16.1. The summed E-state index contributed by atoms with van der Waals surface area (Å²) in [5.41, 5.74) is 0. The van der Waals surface area contributed by atoms with Gasteiger partial charge >= 0.3 is 6.03 Å². The van der Waals surface area contributed by atoms with Gasteiger partial charge in [0, 0.05) is 24.7 Å². The van der Waals surface area contributed by atoms with E-state index in [0.29, 0.717) is 24.3 Å². The van der Waals surface area contributed by atoms with Crippen molar-refractivity contribution in [1.29, 1.82) is 0 Å². The molecule has 1 aliphatic heterocycles. The molecule has 7 heteroatoms. The molecular weight excluding hydrogens is 296 g/mol. The molecule has 0 aromatic carbocycles. The van der Waals surface area contributed by atoms with Crippen LogP contribution in [-0.2, 0) is 0 Å². The summed E-state index contributed by atoms with van der Waals surface area (Å²) in [5, 5.41) is 11.0. The van der Waals surface area contributed by atoms with Crippen molar-refractivity contribution in [3.8, 4) is 11.8 Å². The highest BCUT2D eigenvalue weighted by Crippen LogP contribution is 2.20. The minimum absolute atomic E-state index is 0.0333. The Morgan fingerprint density at radius 1 is 1.17 bits per heavy atom. The normalized spacial score (nSPS) is 22.0. The molecule has 0 spiro atoms. The predicted molar refractivity (Wildman–Crippen MR) is 84.6 cm³/mol. The molecule has 1 unspecified atom stereocenters. The number of piperidine rings is 1. The lowest BCUT2D eigenvalue weighted by atomic mass is 10.1. The Morgan fingerprint density at radius 2 is 1.91 bits per heavy atom. The van der Waals surface area contributed by atoms with Gasteiger partial charge in [-0.2, -0.15) is 0 Å². The summed E-state index contributed by atoms with van der Waals surface area (Å²) < 4.78 is 10.8. The summed E-state index contributed by atoms with van der Waals surface area (Å²) in [6.07, 6.45) is 6.44. The van der Waals surface area contributed by atoms with Gasteiger partial charge in [-0.15, -0.1) is 10.2 Å². The highest BCUT2D eigenvalue weighted by Gasteiger charge is 2.27. The van der Waals surface area contributed by atoms with Gasteiger partial charge in [-0.3, -0.25) is 0 Å². The molecule has 0 radical (unpaired) electrons. The molecule has 0 bridgehead atoms. The summed E-state index contributed by atoms with van der Waals surface area (Å²) in [7, 11) is 1.55. The first-order valence-electron chi connectivity index (χ1n) is 8.34. The molecule has 1 atom stereocenters. The van der Waals surface area contributed by atoms with Crippen molar-refractivity contribution in [2.75, 3.05) is 20.2 Å². The fourth-order valence-electron chi connectivity index (χ4n) is 3.21. The van der Waals surface area contributed by atoms with Crippen molar-refractivity contribution in [2.45, 2.75) is 50.7 Å². The van der Waals surface area contributed by atoms with E-state index in [4.69, 9.17) is 9.47 Å². The third-order valence-electron chi connectivity index (χ3n) is 4.46. The van der Waals surface area contributed by atoms with Crippen LogP contribution in [0.25, 0.3) is 0 Å². The monoisotopic (exact) mass is 320 g/mol. The van der Waals surface area contributed by atoms with Crippen LogP contribution in [0.1, 0.15) is 38.5 Å². The number of rotatable bonds is 4. The number of nitrogens with one attached hydrogen (secondary N) is 1. The smallest absolute Gasteiger partial charge is 0.317 e. The summed E-state index contributed by atoms with van der Waals surface area (Å²) in [6.45, 7) is 1.37. The van der Waals surface area contributed by atoms with Crippen molar-refractivity contribution >= 4 is 6.03 Å². The van der Waals surface area contributed by atoms with Gasteiger partial charge in [-0.05, 0) is 25.7 Å². The maximum Gasteiger partial charge on any atom is 0.317 e. The molecule has 1 aliphatic carbocycles. The molecule has 2 amide bonds. The quantitative estimate of drug-likeness (QED) is 0.918. The van der Waals surface area contributed by atoms with Gasteiger partial charge in [0.15, 0.2) is 0 Å². The van der Waals surface area contributed by atoms with E-state index in [2.05, 4.69) is 15.5 Å². The molecule has 2 fully saturated rings. The number of methoxy groups -OCH3 is 1. The summed E-state index contributed by atoms with van der Waals surface area (Å²) in [5.74, 6) is 0.924. The second-order valence-corrected chi connectivity index (χ2v) is 6.17. The summed E-state index contributed by atoms with van der Waals surface area (Å²) in [6, 6.07) is 3.83. The zero-order valence-corrected chi connectivity index (χ0v) is 13.5. The van der Waals surface area contributed by atoms with Crippen LogP contribution in [0.4, 0.5) is 4.79 Å². The molecule has 23 heavy (non-hydrogen) atoms. The first-order valence-corrected chi connectivity index (χ1v) is 8.34. The van der Waals surface area contributed by atoms with Crippen molar-refractivity contribution < 1.29 is 14.3 Å². The first kappa shape index (κ1) is 15.8. The average Bonchev–Trinajstić information content (AvgIpc) is 3.09.